The Bertz CT molecular complexity index is 224. The molecule has 3 nitrogen and oxygen atoms in total. The van der Waals surface area contributed by atoms with Gasteiger partial charge in [0.05, 0.1) is 12.2 Å². The van der Waals surface area contributed by atoms with Crippen LogP contribution < -0.4 is 5.32 Å². The molecule has 0 aliphatic carbocycles. The van der Waals surface area contributed by atoms with Gasteiger partial charge in [-0.05, 0) is 20.3 Å². The van der Waals surface area contributed by atoms with Gasteiger partial charge < -0.3 is 4.74 Å². The maximum atomic E-state index is 9.24. The molecule has 0 spiro atoms. The van der Waals surface area contributed by atoms with Crippen molar-refractivity contribution in [1.29, 1.82) is 5.26 Å². The van der Waals surface area contributed by atoms with Crippen molar-refractivity contribution in [2.45, 2.75) is 57.7 Å². The van der Waals surface area contributed by atoms with E-state index in [1.165, 1.54) is 0 Å². The van der Waals surface area contributed by atoms with Gasteiger partial charge in [0.2, 0.25) is 0 Å². The van der Waals surface area contributed by atoms with E-state index in [0.29, 0.717) is 12.6 Å². The van der Waals surface area contributed by atoms with E-state index in [4.69, 9.17) is 4.74 Å². The first-order valence-electron chi connectivity index (χ1n) is 5.42. The van der Waals surface area contributed by atoms with Crippen molar-refractivity contribution < 1.29 is 4.74 Å². The van der Waals surface area contributed by atoms with Crippen LogP contribution >= 0.6 is 0 Å². The highest BCUT2D eigenvalue weighted by Crippen LogP contribution is 2.24. The highest BCUT2D eigenvalue weighted by Gasteiger charge is 2.36. The van der Waals surface area contributed by atoms with E-state index in [-0.39, 0.29) is 11.6 Å². The van der Waals surface area contributed by atoms with E-state index in [0.717, 1.165) is 19.3 Å². The van der Waals surface area contributed by atoms with Crippen molar-refractivity contribution in [3.63, 3.8) is 0 Å². The molecule has 80 valence electrons. The average molecular weight is 196 g/mol. The Kier molecular flexibility index (Phi) is 3.91. The standard InChI is InChI=1S/C11H20N2O/c1-4-9(2)13-11(8-12)5-6-14-10(3)7-11/h9-10,13H,4-7H2,1-3H3. The molecule has 1 N–H and O–H groups in total. The molecule has 1 aliphatic rings. The summed E-state index contributed by atoms with van der Waals surface area (Å²) in [6.45, 7) is 6.98. The van der Waals surface area contributed by atoms with E-state index in [9.17, 15) is 5.26 Å². The molecule has 3 heteroatoms. The van der Waals surface area contributed by atoms with Crippen LogP contribution in [-0.2, 0) is 4.74 Å². The fourth-order valence-corrected chi connectivity index (χ4v) is 1.92. The van der Waals surface area contributed by atoms with Gasteiger partial charge in [0.15, 0.2) is 0 Å². The third-order valence-electron chi connectivity index (χ3n) is 2.92. The molecule has 3 unspecified atom stereocenters. The van der Waals surface area contributed by atoms with Crippen LogP contribution in [0.3, 0.4) is 0 Å². The molecule has 1 aliphatic heterocycles. The van der Waals surface area contributed by atoms with Crippen LogP contribution in [0.1, 0.15) is 40.0 Å². The molecule has 0 saturated carbocycles. The molecule has 3 atom stereocenters. The molecule has 1 saturated heterocycles. The van der Waals surface area contributed by atoms with Gasteiger partial charge in [-0.15, -0.1) is 0 Å². The fraction of sp³-hybridized carbons (Fsp3) is 0.909. The predicted octanol–water partition coefficient (Wildman–Crippen LogP) is 1.84. The summed E-state index contributed by atoms with van der Waals surface area (Å²) in [6.07, 6.45) is 2.85. The number of nitrogens with one attached hydrogen (secondary N) is 1. The van der Waals surface area contributed by atoms with Gasteiger partial charge in [-0.2, -0.15) is 5.26 Å². The Morgan fingerprint density at radius 2 is 2.43 bits per heavy atom. The number of nitriles is 1. The molecular formula is C11H20N2O. The van der Waals surface area contributed by atoms with Crippen molar-refractivity contribution in [1.82, 2.24) is 5.32 Å². The summed E-state index contributed by atoms with van der Waals surface area (Å²) in [4.78, 5) is 0. The molecule has 14 heavy (non-hydrogen) atoms. The monoisotopic (exact) mass is 196 g/mol. The zero-order chi connectivity index (χ0) is 10.6. The topological polar surface area (TPSA) is 45.0 Å². The first-order chi connectivity index (χ1) is 6.62. The van der Waals surface area contributed by atoms with Crippen molar-refractivity contribution >= 4 is 0 Å². The van der Waals surface area contributed by atoms with Gasteiger partial charge in [-0.3, -0.25) is 5.32 Å². The first kappa shape index (κ1) is 11.5. The normalized spacial score (nSPS) is 34.9. The van der Waals surface area contributed by atoms with Gasteiger partial charge >= 0.3 is 0 Å². The number of rotatable bonds is 3. The lowest BCUT2D eigenvalue weighted by molar-refractivity contribution is -0.00559. The van der Waals surface area contributed by atoms with Crippen molar-refractivity contribution in [3.8, 4) is 6.07 Å². The number of nitrogens with zero attached hydrogens (tertiary/aromatic N) is 1. The maximum absolute atomic E-state index is 9.24. The van der Waals surface area contributed by atoms with E-state index >= 15 is 0 Å². The molecular weight excluding hydrogens is 176 g/mol. The number of ether oxygens (including phenoxy) is 1. The Morgan fingerprint density at radius 1 is 1.71 bits per heavy atom. The van der Waals surface area contributed by atoms with Crippen LogP contribution in [-0.4, -0.2) is 24.3 Å². The zero-order valence-corrected chi connectivity index (χ0v) is 9.34. The summed E-state index contributed by atoms with van der Waals surface area (Å²) >= 11 is 0. The Hall–Kier alpha value is -0.590. The van der Waals surface area contributed by atoms with Gasteiger partial charge in [-0.1, -0.05) is 6.92 Å². The molecule has 0 aromatic carbocycles. The Morgan fingerprint density at radius 3 is 2.93 bits per heavy atom. The summed E-state index contributed by atoms with van der Waals surface area (Å²) < 4.78 is 5.46. The zero-order valence-electron chi connectivity index (χ0n) is 9.34. The second-order valence-corrected chi connectivity index (χ2v) is 4.28. The summed E-state index contributed by atoms with van der Waals surface area (Å²) in [7, 11) is 0. The fourth-order valence-electron chi connectivity index (χ4n) is 1.92. The quantitative estimate of drug-likeness (QED) is 0.749. The van der Waals surface area contributed by atoms with Crippen LogP contribution in [0.4, 0.5) is 0 Å². The smallest absolute Gasteiger partial charge is 0.111 e. The Labute approximate surface area is 86.4 Å². The number of hydrogen-bond acceptors (Lipinski definition) is 3. The second-order valence-electron chi connectivity index (χ2n) is 4.28. The molecule has 1 fully saturated rings. The average Bonchev–Trinajstić information content (AvgIpc) is 2.17. The molecule has 1 rings (SSSR count). The van der Waals surface area contributed by atoms with E-state index in [1.54, 1.807) is 0 Å². The minimum Gasteiger partial charge on any atom is -0.378 e. The van der Waals surface area contributed by atoms with E-state index < -0.39 is 0 Å². The van der Waals surface area contributed by atoms with Gasteiger partial charge in [0.25, 0.3) is 0 Å². The highest BCUT2D eigenvalue weighted by atomic mass is 16.5. The van der Waals surface area contributed by atoms with Gasteiger partial charge in [0, 0.05) is 25.5 Å². The molecule has 0 amide bonds. The minimum absolute atomic E-state index is 0.194. The lowest BCUT2D eigenvalue weighted by atomic mass is 9.87. The molecule has 1 heterocycles. The maximum Gasteiger partial charge on any atom is 0.111 e. The molecule has 0 radical (unpaired) electrons. The van der Waals surface area contributed by atoms with Crippen molar-refractivity contribution in [2.24, 2.45) is 0 Å². The lowest BCUT2D eigenvalue weighted by Gasteiger charge is -2.37. The van der Waals surface area contributed by atoms with Crippen molar-refractivity contribution in [2.75, 3.05) is 6.61 Å². The largest absolute Gasteiger partial charge is 0.378 e. The molecule has 0 aromatic rings. The van der Waals surface area contributed by atoms with Gasteiger partial charge in [-0.25, -0.2) is 0 Å². The summed E-state index contributed by atoms with van der Waals surface area (Å²) in [5, 5.41) is 12.7. The van der Waals surface area contributed by atoms with Crippen LogP contribution in [0, 0.1) is 11.3 Å². The van der Waals surface area contributed by atoms with Crippen LogP contribution in [0.15, 0.2) is 0 Å². The van der Waals surface area contributed by atoms with Crippen molar-refractivity contribution in [3.05, 3.63) is 0 Å². The van der Waals surface area contributed by atoms with Crippen LogP contribution in [0.5, 0.6) is 0 Å². The molecule has 0 aromatic heterocycles. The summed E-state index contributed by atoms with van der Waals surface area (Å²) in [5.41, 5.74) is -0.354. The molecule has 0 bridgehead atoms. The highest BCUT2D eigenvalue weighted by molar-refractivity contribution is 5.10. The first-order valence-corrected chi connectivity index (χ1v) is 5.42. The minimum atomic E-state index is -0.354. The van der Waals surface area contributed by atoms with Crippen LogP contribution in [0.2, 0.25) is 0 Å². The SMILES string of the molecule is CCC(C)NC1(C#N)CCOC(C)C1. The third kappa shape index (κ3) is 2.70. The number of hydrogen-bond donors (Lipinski definition) is 1. The summed E-state index contributed by atoms with van der Waals surface area (Å²) in [6, 6.07) is 2.82. The second kappa shape index (κ2) is 4.77. The Balaban J connectivity index is 2.61. The predicted molar refractivity (Wildman–Crippen MR) is 55.9 cm³/mol. The van der Waals surface area contributed by atoms with E-state index in [2.05, 4.69) is 25.2 Å². The van der Waals surface area contributed by atoms with Gasteiger partial charge in [0.1, 0.15) is 5.54 Å². The third-order valence-corrected chi connectivity index (χ3v) is 2.92. The van der Waals surface area contributed by atoms with Crippen LogP contribution in [0.25, 0.3) is 0 Å². The lowest BCUT2D eigenvalue weighted by Crippen LogP contribution is -2.53. The summed E-state index contributed by atoms with van der Waals surface area (Å²) in [5.74, 6) is 0. The van der Waals surface area contributed by atoms with E-state index in [1.807, 2.05) is 6.92 Å².